The Hall–Kier alpha value is -1.21. The maximum atomic E-state index is 6.35. The predicted molar refractivity (Wildman–Crippen MR) is 92.7 cm³/mol. The Morgan fingerprint density at radius 1 is 1.30 bits per heavy atom. The van der Waals surface area contributed by atoms with Crippen molar-refractivity contribution >= 4 is 26.7 Å². The van der Waals surface area contributed by atoms with Crippen LogP contribution in [0.3, 0.4) is 0 Å². The first-order valence-corrected chi connectivity index (χ1v) is 9.24. The highest BCUT2D eigenvalue weighted by atomic mass is 32.1. The van der Waals surface area contributed by atoms with Crippen LogP contribution in [0, 0.1) is 12.8 Å². The molecule has 2 atom stereocenters. The largest absolute Gasteiger partial charge is 0.335 e. The van der Waals surface area contributed by atoms with E-state index in [0.717, 1.165) is 23.7 Å². The summed E-state index contributed by atoms with van der Waals surface area (Å²) in [5.41, 5.74) is 8.58. The zero-order valence-electron chi connectivity index (χ0n) is 13.4. The molecule has 4 saturated heterocycles. The Balaban J connectivity index is 1.48. The van der Waals surface area contributed by atoms with E-state index in [-0.39, 0.29) is 12.0 Å². The molecule has 122 valence electrons. The molecule has 0 amide bonds. The number of nitrogens with zero attached hydrogens (tertiary/aromatic N) is 3. The van der Waals surface area contributed by atoms with E-state index in [1.54, 1.807) is 11.3 Å². The van der Waals surface area contributed by atoms with Gasteiger partial charge in [-0.3, -0.25) is 5.73 Å². The number of rotatable bonds is 1. The summed E-state index contributed by atoms with van der Waals surface area (Å²) in [5, 5.41) is 0.992. The number of thiazole rings is 1. The minimum atomic E-state index is -0.378. The number of nitrogens with two attached hydrogens (primary N) is 1. The molecule has 4 aliphatic heterocycles. The zero-order valence-corrected chi connectivity index (χ0v) is 14.2. The average molecular weight is 330 g/mol. The summed E-state index contributed by atoms with van der Waals surface area (Å²) in [6, 6.07) is 6.40. The van der Waals surface area contributed by atoms with Crippen molar-refractivity contribution in [3.05, 3.63) is 23.8 Å². The highest BCUT2D eigenvalue weighted by Gasteiger charge is 2.54. The lowest BCUT2D eigenvalue weighted by Crippen LogP contribution is -2.61. The van der Waals surface area contributed by atoms with Gasteiger partial charge in [0.15, 0.2) is 11.5 Å². The van der Waals surface area contributed by atoms with Crippen molar-refractivity contribution in [2.75, 3.05) is 31.1 Å². The van der Waals surface area contributed by atoms with E-state index in [1.807, 2.05) is 0 Å². The predicted octanol–water partition coefficient (Wildman–Crippen LogP) is 2.15. The lowest BCUT2D eigenvalue weighted by molar-refractivity contribution is -0.137. The molecule has 0 saturated carbocycles. The molecule has 2 bridgehead atoms. The van der Waals surface area contributed by atoms with Crippen LogP contribution in [0.4, 0.5) is 5.13 Å². The summed E-state index contributed by atoms with van der Waals surface area (Å²) in [7, 11) is 0. The molecule has 0 radical (unpaired) electrons. The second-order valence-electron chi connectivity index (χ2n) is 7.22. The second kappa shape index (κ2) is 4.89. The number of hydrogen-bond acceptors (Lipinski definition) is 6. The number of anilines is 1. The summed E-state index contributed by atoms with van der Waals surface area (Å²) in [5.74, 6) is 0.639. The summed E-state index contributed by atoms with van der Waals surface area (Å²) >= 11 is 1.72. The standard InChI is InChI=1S/C17H22N4OS/c1-11-2-3-13-14(8-11)23-16(19-13)21-10-17(22-15(21)18)9-20-6-4-12(17)5-7-20/h2-3,8,12,15H,4-7,9-10,18H2,1H3. The monoisotopic (exact) mass is 330 g/mol. The van der Waals surface area contributed by atoms with Crippen molar-refractivity contribution in [1.29, 1.82) is 0 Å². The van der Waals surface area contributed by atoms with Crippen LogP contribution in [-0.4, -0.2) is 48.0 Å². The Labute approximate surface area is 140 Å². The van der Waals surface area contributed by atoms with Crippen molar-refractivity contribution in [2.24, 2.45) is 11.7 Å². The van der Waals surface area contributed by atoms with Gasteiger partial charge in [0.1, 0.15) is 5.60 Å². The Kier molecular flexibility index (Phi) is 3.01. The summed E-state index contributed by atoms with van der Waals surface area (Å²) < 4.78 is 7.56. The highest BCUT2D eigenvalue weighted by molar-refractivity contribution is 7.22. The SMILES string of the molecule is Cc1ccc2nc(N3CC4(CN5CCC4CC5)OC3N)sc2c1. The van der Waals surface area contributed by atoms with Crippen LogP contribution < -0.4 is 10.6 Å². The number of ether oxygens (including phenoxy) is 1. The third kappa shape index (κ3) is 2.12. The van der Waals surface area contributed by atoms with Gasteiger partial charge in [-0.25, -0.2) is 4.98 Å². The highest BCUT2D eigenvalue weighted by Crippen LogP contribution is 2.44. The van der Waals surface area contributed by atoms with E-state index in [4.69, 9.17) is 15.5 Å². The molecule has 2 N–H and O–H groups in total. The van der Waals surface area contributed by atoms with E-state index in [1.165, 1.54) is 36.2 Å². The van der Waals surface area contributed by atoms with Gasteiger partial charge >= 0.3 is 0 Å². The van der Waals surface area contributed by atoms with E-state index < -0.39 is 0 Å². The fourth-order valence-corrected chi connectivity index (χ4v) is 5.57. The third-order valence-electron chi connectivity index (χ3n) is 5.70. The average Bonchev–Trinajstić information content (AvgIpc) is 3.09. The summed E-state index contributed by atoms with van der Waals surface area (Å²) in [6.07, 6.45) is 2.09. The first kappa shape index (κ1) is 14.2. The Morgan fingerprint density at radius 3 is 2.87 bits per heavy atom. The van der Waals surface area contributed by atoms with Crippen LogP contribution in [0.2, 0.25) is 0 Å². The van der Waals surface area contributed by atoms with Crippen LogP contribution >= 0.6 is 11.3 Å². The third-order valence-corrected chi connectivity index (χ3v) is 6.76. The van der Waals surface area contributed by atoms with Crippen molar-refractivity contribution < 1.29 is 4.74 Å². The molecule has 0 aliphatic carbocycles. The Bertz CT molecular complexity index is 754. The van der Waals surface area contributed by atoms with Gasteiger partial charge in [0, 0.05) is 6.54 Å². The van der Waals surface area contributed by atoms with Crippen molar-refractivity contribution in [1.82, 2.24) is 9.88 Å². The molecule has 5 heterocycles. The molecular formula is C17H22N4OS. The van der Waals surface area contributed by atoms with Crippen LogP contribution in [0.15, 0.2) is 18.2 Å². The second-order valence-corrected chi connectivity index (χ2v) is 8.23. The van der Waals surface area contributed by atoms with Crippen molar-refractivity contribution in [2.45, 2.75) is 31.7 Å². The fraction of sp³-hybridized carbons (Fsp3) is 0.588. The molecule has 1 spiro atoms. The topological polar surface area (TPSA) is 54.6 Å². The number of aryl methyl sites for hydroxylation is 1. The molecule has 6 rings (SSSR count). The van der Waals surface area contributed by atoms with E-state index in [2.05, 4.69) is 34.9 Å². The van der Waals surface area contributed by atoms with Crippen molar-refractivity contribution in [3.63, 3.8) is 0 Å². The number of fused-ring (bicyclic) bond motifs is 3. The molecule has 5 nitrogen and oxygen atoms in total. The quantitative estimate of drug-likeness (QED) is 0.868. The van der Waals surface area contributed by atoms with Crippen LogP contribution in [0.5, 0.6) is 0 Å². The van der Waals surface area contributed by atoms with Gasteiger partial charge < -0.3 is 14.5 Å². The molecule has 4 fully saturated rings. The molecule has 1 aromatic heterocycles. The molecule has 23 heavy (non-hydrogen) atoms. The van der Waals surface area contributed by atoms with Gasteiger partial charge in [-0.2, -0.15) is 0 Å². The number of aromatic nitrogens is 1. The van der Waals surface area contributed by atoms with Gasteiger partial charge in [-0.15, -0.1) is 0 Å². The lowest BCUT2D eigenvalue weighted by Gasteiger charge is -2.50. The molecule has 1 aromatic carbocycles. The molecule has 2 unspecified atom stereocenters. The normalized spacial score (nSPS) is 36.4. The smallest absolute Gasteiger partial charge is 0.189 e. The number of hydrogen-bond donors (Lipinski definition) is 1. The molecule has 4 aliphatic rings. The van der Waals surface area contributed by atoms with E-state index in [0.29, 0.717) is 5.92 Å². The number of piperidine rings is 3. The van der Waals surface area contributed by atoms with Crippen LogP contribution in [-0.2, 0) is 4.74 Å². The van der Waals surface area contributed by atoms with Gasteiger partial charge in [0.2, 0.25) is 0 Å². The molecular weight excluding hydrogens is 308 g/mol. The maximum absolute atomic E-state index is 6.35. The Morgan fingerprint density at radius 2 is 2.13 bits per heavy atom. The minimum absolute atomic E-state index is 0.0936. The lowest BCUT2D eigenvalue weighted by atomic mass is 9.75. The van der Waals surface area contributed by atoms with Crippen LogP contribution in [0.25, 0.3) is 10.2 Å². The zero-order chi connectivity index (χ0) is 15.6. The van der Waals surface area contributed by atoms with E-state index >= 15 is 0 Å². The summed E-state index contributed by atoms with van der Waals surface area (Å²) in [6.45, 7) is 6.43. The van der Waals surface area contributed by atoms with Gasteiger partial charge in [-0.1, -0.05) is 17.4 Å². The fourth-order valence-electron chi connectivity index (χ4n) is 4.48. The van der Waals surface area contributed by atoms with Crippen LogP contribution in [0.1, 0.15) is 18.4 Å². The first-order chi connectivity index (χ1) is 11.1. The molecule has 6 heteroatoms. The van der Waals surface area contributed by atoms with Gasteiger partial charge in [-0.05, 0) is 56.5 Å². The van der Waals surface area contributed by atoms with Crippen molar-refractivity contribution in [3.8, 4) is 0 Å². The summed E-state index contributed by atoms with van der Waals surface area (Å²) in [4.78, 5) is 9.49. The van der Waals surface area contributed by atoms with Gasteiger partial charge in [0.25, 0.3) is 0 Å². The van der Waals surface area contributed by atoms with Gasteiger partial charge in [0.05, 0.1) is 16.8 Å². The minimum Gasteiger partial charge on any atom is -0.335 e. The molecule has 2 aromatic rings. The van der Waals surface area contributed by atoms with E-state index in [9.17, 15) is 0 Å². The first-order valence-electron chi connectivity index (χ1n) is 8.43. The maximum Gasteiger partial charge on any atom is 0.189 e. The number of benzene rings is 1.